The number of hydrogen-bond donors (Lipinski definition) is 1. The maximum absolute atomic E-state index is 10.8. The Kier molecular flexibility index (Phi) is 4.38. The molecule has 0 atom stereocenters. The second kappa shape index (κ2) is 5.34. The number of carboxylic acid groups (broad SMARTS) is 1. The van der Waals surface area contributed by atoms with E-state index < -0.39 is 5.97 Å². The van der Waals surface area contributed by atoms with E-state index in [0.29, 0.717) is 16.7 Å². The number of rotatable bonds is 5. The van der Waals surface area contributed by atoms with Gasteiger partial charge in [-0.25, -0.2) is 4.79 Å². The van der Waals surface area contributed by atoms with Crippen molar-refractivity contribution in [2.24, 2.45) is 0 Å². The SMILES string of the molecule is CN(C)CCOc1cc(Cl)sc1C(=O)O. The van der Waals surface area contributed by atoms with Gasteiger partial charge in [0, 0.05) is 12.6 Å². The van der Waals surface area contributed by atoms with E-state index in [4.69, 9.17) is 21.4 Å². The molecule has 0 aliphatic rings. The quantitative estimate of drug-likeness (QED) is 0.868. The Morgan fingerprint density at radius 1 is 1.67 bits per heavy atom. The molecule has 1 heterocycles. The number of carbonyl (C=O) groups is 1. The first-order valence-electron chi connectivity index (χ1n) is 4.31. The second-order valence-electron chi connectivity index (χ2n) is 3.20. The third-order valence-corrected chi connectivity index (χ3v) is 2.89. The third-order valence-electron chi connectivity index (χ3n) is 1.66. The summed E-state index contributed by atoms with van der Waals surface area (Å²) in [5, 5.41) is 8.85. The van der Waals surface area contributed by atoms with Crippen molar-refractivity contribution in [3.05, 3.63) is 15.3 Å². The van der Waals surface area contributed by atoms with E-state index in [1.807, 2.05) is 19.0 Å². The molecular formula is C9H12ClNO3S. The van der Waals surface area contributed by atoms with Crippen LogP contribution in [0.5, 0.6) is 5.75 Å². The Balaban J connectivity index is 2.63. The highest BCUT2D eigenvalue weighted by Gasteiger charge is 2.15. The summed E-state index contributed by atoms with van der Waals surface area (Å²) >= 11 is 6.72. The Morgan fingerprint density at radius 3 is 2.87 bits per heavy atom. The van der Waals surface area contributed by atoms with Crippen LogP contribution in [0.2, 0.25) is 4.34 Å². The van der Waals surface area contributed by atoms with Crippen molar-refractivity contribution in [1.29, 1.82) is 0 Å². The lowest BCUT2D eigenvalue weighted by Crippen LogP contribution is -2.19. The summed E-state index contributed by atoms with van der Waals surface area (Å²) in [7, 11) is 3.84. The van der Waals surface area contributed by atoms with Crippen LogP contribution in [-0.2, 0) is 0 Å². The van der Waals surface area contributed by atoms with Gasteiger partial charge in [0.25, 0.3) is 0 Å². The molecule has 0 saturated heterocycles. The molecule has 84 valence electrons. The van der Waals surface area contributed by atoms with E-state index in [0.717, 1.165) is 17.9 Å². The van der Waals surface area contributed by atoms with E-state index in [1.54, 1.807) is 0 Å². The number of likely N-dealkylation sites (N-methyl/N-ethyl adjacent to an activating group) is 1. The highest BCUT2D eigenvalue weighted by atomic mass is 35.5. The number of carboxylic acids is 1. The van der Waals surface area contributed by atoms with Crippen molar-refractivity contribution in [3.8, 4) is 5.75 Å². The van der Waals surface area contributed by atoms with E-state index in [2.05, 4.69) is 0 Å². The van der Waals surface area contributed by atoms with Gasteiger partial charge in [-0.3, -0.25) is 0 Å². The summed E-state index contributed by atoms with van der Waals surface area (Å²) in [5.74, 6) is -0.661. The maximum Gasteiger partial charge on any atom is 0.349 e. The first-order valence-corrected chi connectivity index (χ1v) is 5.50. The molecule has 0 amide bonds. The van der Waals surface area contributed by atoms with Gasteiger partial charge in [-0.2, -0.15) is 0 Å². The van der Waals surface area contributed by atoms with Crippen LogP contribution in [0.4, 0.5) is 0 Å². The summed E-state index contributed by atoms with van der Waals surface area (Å²) in [5.41, 5.74) is 0. The standard InChI is InChI=1S/C9H12ClNO3S/c1-11(2)3-4-14-6-5-7(10)15-8(6)9(12)13/h5H,3-4H2,1-2H3,(H,12,13). The molecule has 1 aromatic heterocycles. The zero-order valence-corrected chi connectivity index (χ0v) is 10.1. The topological polar surface area (TPSA) is 49.8 Å². The molecule has 0 aliphatic carbocycles. The van der Waals surface area contributed by atoms with Gasteiger partial charge < -0.3 is 14.7 Å². The van der Waals surface area contributed by atoms with Crippen LogP contribution in [0, 0.1) is 0 Å². The van der Waals surface area contributed by atoms with Crippen LogP contribution >= 0.6 is 22.9 Å². The van der Waals surface area contributed by atoms with Crippen LogP contribution in [0.15, 0.2) is 6.07 Å². The van der Waals surface area contributed by atoms with Gasteiger partial charge in [0.15, 0.2) is 4.88 Å². The van der Waals surface area contributed by atoms with Crippen molar-refractivity contribution in [2.45, 2.75) is 0 Å². The molecule has 1 aromatic rings. The molecule has 1 N–H and O–H groups in total. The highest BCUT2D eigenvalue weighted by molar-refractivity contribution is 7.18. The zero-order chi connectivity index (χ0) is 11.4. The minimum absolute atomic E-state index is 0.152. The summed E-state index contributed by atoms with van der Waals surface area (Å²) < 4.78 is 5.76. The summed E-state index contributed by atoms with van der Waals surface area (Å²) in [4.78, 5) is 12.9. The Morgan fingerprint density at radius 2 is 2.33 bits per heavy atom. The molecule has 0 saturated carbocycles. The molecule has 0 aliphatic heterocycles. The van der Waals surface area contributed by atoms with Gasteiger partial charge in [-0.05, 0) is 14.1 Å². The van der Waals surface area contributed by atoms with E-state index in [-0.39, 0.29) is 4.88 Å². The largest absolute Gasteiger partial charge is 0.490 e. The number of aromatic carboxylic acids is 1. The molecule has 0 unspecified atom stereocenters. The maximum atomic E-state index is 10.8. The van der Waals surface area contributed by atoms with Gasteiger partial charge >= 0.3 is 5.97 Å². The predicted molar refractivity (Wildman–Crippen MR) is 60.3 cm³/mol. The number of ether oxygens (including phenoxy) is 1. The Hall–Kier alpha value is -0.780. The van der Waals surface area contributed by atoms with Crippen molar-refractivity contribution in [1.82, 2.24) is 4.90 Å². The summed E-state index contributed by atoms with van der Waals surface area (Å²) in [6, 6.07) is 1.53. The smallest absolute Gasteiger partial charge is 0.349 e. The van der Waals surface area contributed by atoms with Crippen LogP contribution < -0.4 is 4.74 Å². The van der Waals surface area contributed by atoms with Crippen molar-refractivity contribution < 1.29 is 14.6 Å². The minimum Gasteiger partial charge on any atom is -0.490 e. The van der Waals surface area contributed by atoms with Crippen LogP contribution in [-0.4, -0.2) is 43.2 Å². The monoisotopic (exact) mass is 249 g/mol. The molecule has 4 nitrogen and oxygen atoms in total. The fourth-order valence-corrected chi connectivity index (χ4v) is 1.94. The zero-order valence-electron chi connectivity index (χ0n) is 8.49. The lowest BCUT2D eigenvalue weighted by Gasteiger charge is -2.10. The van der Waals surface area contributed by atoms with Crippen LogP contribution in [0.3, 0.4) is 0 Å². The molecule has 0 radical (unpaired) electrons. The van der Waals surface area contributed by atoms with E-state index in [1.165, 1.54) is 6.07 Å². The molecule has 6 heteroatoms. The molecule has 0 bridgehead atoms. The number of hydrogen-bond acceptors (Lipinski definition) is 4. The Bertz CT molecular complexity index is 351. The molecule has 1 rings (SSSR count). The van der Waals surface area contributed by atoms with E-state index >= 15 is 0 Å². The molecular weight excluding hydrogens is 238 g/mol. The average Bonchev–Trinajstić information content (AvgIpc) is 2.46. The molecule has 0 fully saturated rings. The summed E-state index contributed by atoms with van der Waals surface area (Å²) in [6.07, 6.45) is 0. The van der Waals surface area contributed by atoms with Crippen molar-refractivity contribution in [2.75, 3.05) is 27.2 Å². The Labute approximate surface area is 97.0 Å². The first-order chi connectivity index (χ1) is 7.00. The van der Waals surface area contributed by atoms with Gasteiger partial charge in [-0.1, -0.05) is 11.6 Å². The third kappa shape index (κ3) is 3.70. The number of thiophene rings is 1. The number of halogens is 1. The second-order valence-corrected chi connectivity index (χ2v) is 4.88. The van der Waals surface area contributed by atoms with Gasteiger partial charge in [0.1, 0.15) is 12.4 Å². The van der Waals surface area contributed by atoms with Gasteiger partial charge in [0.2, 0.25) is 0 Å². The fourth-order valence-electron chi connectivity index (χ4n) is 0.940. The first kappa shape index (κ1) is 12.3. The normalized spacial score (nSPS) is 10.7. The lowest BCUT2D eigenvalue weighted by molar-refractivity contribution is 0.0698. The minimum atomic E-state index is -1.01. The molecule has 0 aromatic carbocycles. The van der Waals surface area contributed by atoms with Gasteiger partial charge in [0.05, 0.1) is 4.34 Å². The van der Waals surface area contributed by atoms with E-state index in [9.17, 15) is 4.79 Å². The van der Waals surface area contributed by atoms with Crippen molar-refractivity contribution >= 4 is 28.9 Å². The van der Waals surface area contributed by atoms with Crippen molar-refractivity contribution in [3.63, 3.8) is 0 Å². The fraction of sp³-hybridized carbons (Fsp3) is 0.444. The van der Waals surface area contributed by atoms with Gasteiger partial charge in [-0.15, -0.1) is 11.3 Å². The van der Waals surface area contributed by atoms with Crippen LogP contribution in [0.1, 0.15) is 9.67 Å². The lowest BCUT2D eigenvalue weighted by atomic mass is 10.4. The highest BCUT2D eigenvalue weighted by Crippen LogP contribution is 2.32. The summed E-state index contributed by atoms with van der Waals surface area (Å²) in [6.45, 7) is 1.17. The number of nitrogens with zero attached hydrogens (tertiary/aromatic N) is 1. The predicted octanol–water partition coefficient (Wildman–Crippen LogP) is 2.04. The molecule has 15 heavy (non-hydrogen) atoms. The molecule has 0 spiro atoms. The average molecular weight is 250 g/mol. The van der Waals surface area contributed by atoms with Crippen LogP contribution in [0.25, 0.3) is 0 Å².